The Labute approximate surface area is 186 Å². The van der Waals surface area contributed by atoms with E-state index < -0.39 is 0 Å². The van der Waals surface area contributed by atoms with Crippen molar-refractivity contribution in [2.75, 3.05) is 26.1 Å². The van der Waals surface area contributed by atoms with Crippen LogP contribution < -0.4 is 14.8 Å². The molecule has 6 nitrogen and oxygen atoms in total. The van der Waals surface area contributed by atoms with Gasteiger partial charge in [0.1, 0.15) is 0 Å². The number of anilines is 1. The molecule has 7 heteroatoms. The first kappa shape index (κ1) is 21.1. The van der Waals surface area contributed by atoms with Crippen molar-refractivity contribution in [2.45, 2.75) is 19.5 Å². The Bertz CT molecular complexity index is 1080. The van der Waals surface area contributed by atoms with Crippen molar-refractivity contribution < 1.29 is 14.3 Å². The molecule has 1 aliphatic rings. The average molecular weight is 436 g/mol. The summed E-state index contributed by atoms with van der Waals surface area (Å²) in [6, 6.07) is 16.0. The number of nitrogens with one attached hydrogen (secondary N) is 1. The van der Waals surface area contributed by atoms with Crippen LogP contribution in [0, 0.1) is 0 Å². The fourth-order valence-corrected chi connectivity index (χ4v) is 4.61. The highest BCUT2D eigenvalue weighted by molar-refractivity contribution is 7.15. The number of benzene rings is 2. The fraction of sp³-hybridized carbons (Fsp3) is 0.250. The normalized spacial score (nSPS) is 13.7. The van der Waals surface area contributed by atoms with E-state index in [4.69, 9.17) is 9.47 Å². The van der Waals surface area contributed by atoms with E-state index in [9.17, 15) is 4.79 Å². The van der Waals surface area contributed by atoms with Crippen molar-refractivity contribution in [1.82, 2.24) is 9.88 Å². The molecule has 0 radical (unpaired) electrons. The topological polar surface area (TPSA) is 63.7 Å². The van der Waals surface area contributed by atoms with Crippen LogP contribution >= 0.6 is 11.3 Å². The van der Waals surface area contributed by atoms with Gasteiger partial charge >= 0.3 is 0 Å². The number of carbonyl (C=O) groups excluding carboxylic acids is 1. The molecule has 0 atom stereocenters. The SMILES string of the molecule is COc1ccc(C=CC(=O)Nc2nc3c(s2)CN(Cc2ccccc2)CC3)cc1OC. The van der Waals surface area contributed by atoms with E-state index in [1.54, 1.807) is 31.6 Å². The van der Waals surface area contributed by atoms with Gasteiger partial charge in [0, 0.05) is 37.0 Å². The minimum atomic E-state index is -0.206. The Hall–Kier alpha value is -3.16. The van der Waals surface area contributed by atoms with Gasteiger partial charge in [0.25, 0.3) is 0 Å². The number of ether oxygens (including phenoxy) is 2. The van der Waals surface area contributed by atoms with Gasteiger partial charge in [-0.2, -0.15) is 0 Å². The van der Waals surface area contributed by atoms with Crippen molar-refractivity contribution in [3.63, 3.8) is 0 Å². The second kappa shape index (κ2) is 9.76. The Kier molecular flexibility index (Phi) is 6.64. The number of amides is 1. The van der Waals surface area contributed by atoms with E-state index in [2.05, 4.69) is 39.5 Å². The van der Waals surface area contributed by atoms with E-state index in [-0.39, 0.29) is 5.91 Å². The molecule has 1 aromatic heterocycles. The molecular formula is C24H25N3O3S. The summed E-state index contributed by atoms with van der Waals surface area (Å²) in [5.74, 6) is 1.07. The Morgan fingerprint density at radius 3 is 2.74 bits per heavy atom. The number of thiazole rings is 1. The Morgan fingerprint density at radius 1 is 1.16 bits per heavy atom. The maximum Gasteiger partial charge on any atom is 0.250 e. The van der Waals surface area contributed by atoms with Crippen molar-refractivity contribution in [1.29, 1.82) is 0 Å². The number of carbonyl (C=O) groups is 1. The van der Waals surface area contributed by atoms with Gasteiger partial charge in [0.05, 0.1) is 19.9 Å². The highest BCUT2D eigenvalue weighted by Crippen LogP contribution is 2.30. The minimum absolute atomic E-state index is 0.206. The van der Waals surface area contributed by atoms with Crippen LogP contribution in [-0.4, -0.2) is 36.6 Å². The van der Waals surface area contributed by atoms with Gasteiger partial charge in [-0.1, -0.05) is 36.4 Å². The van der Waals surface area contributed by atoms with Crippen LogP contribution in [0.4, 0.5) is 5.13 Å². The quantitative estimate of drug-likeness (QED) is 0.559. The maximum absolute atomic E-state index is 12.4. The molecule has 31 heavy (non-hydrogen) atoms. The van der Waals surface area contributed by atoms with Gasteiger partial charge in [-0.25, -0.2) is 4.98 Å². The zero-order valence-electron chi connectivity index (χ0n) is 17.6. The van der Waals surface area contributed by atoms with Crippen LogP contribution in [-0.2, 0) is 24.3 Å². The summed E-state index contributed by atoms with van der Waals surface area (Å²) in [6.07, 6.45) is 4.14. The third-order valence-corrected chi connectivity index (χ3v) is 6.12. The second-order valence-corrected chi connectivity index (χ2v) is 8.36. The summed E-state index contributed by atoms with van der Waals surface area (Å²) in [4.78, 5) is 20.6. The van der Waals surface area contributed by atoms with E-state index in [1.165, 1.54) is 16.5 Å². The number of nitrogens with zero attached hydrogens (tertiary/aromatic N) is 2. The zero-order valence-corrected chi connectivity index (χ0v) is 18.4. The second-order valence-electron chi connectivity index (χ2n) is 7.27. The molecule has 0 unspecified atom stereocenters. The Morgan fingerprint density at radius 2 is 1.97 bits per heavy atom. The molecule has 0 aliphatic carbocycles. The molecule has 0 fully saturated rings. The van der Waals surface area contributed by atoms with E-state index in [0.29, 0.717) is 16.6 Å². The number of fused-ring (bicyclic) bond motifs is 1. The van der Waals surface area contributed by atoms with Gasteiger partial charge in [-0.15, -0.1) is 11.3 Å². The van der Waals surface area contributed by atoms with E-state index in [0.717, 1.165) is 37.3 Å². The Balaban J connectivity index is 1.36. The lowest BCUT2D eigenvalue weighted by atomic mass is 10.1. The first-order valence-electron chi connectivity index (χ1n) is 10.1. The largest absolute Gasteiger partial charge is 0.493 e. The van der Waals surface area contributed by atoms with Crippen molar-refractivity contribution in [2.24, 2.45) is 0 Å². The van der Waals surface area contributed by atoms with Crippen molar-refractivity contribution >= 4 is 28.5 Å². The lowest BCUT2D eigenvalue weighted by molar-refractivity contribution is -0.111. The molecule has 0 saturated heterocycles. The lowest BCUT2D eigenvalue weighted by Gasteiger charge is -2.25. The molecule has 2 heterocycles. The third kappa shape index (κ3) is 5.31. The van der Waals surface area contributed by atoms with Crippen LogP contribution in [0.1, 0.15) is 21.7 Å². The predicted molar refractivity (Wildman–Crippen MR) is 124 cm³/mol. The number of hydrogen-bond donors (Lipinski definition) is 1. The van der Waals surface area contributed by atoms with Crippen LogP contribution in [0.5, 0.6) is 11.5 Å². The molecule has 160 valence electrons. The van der Waals surface area contributed by atoms with Crippen LogP contribution in [0.15, 0.2) is 54.6 Å². The molecule has 0 saturated carbocycles. The number of aromatic nitrogens is 1. The highest BCUT2D eigenvalue weighted by atomic mass is 32.1. The standard InChI is InChI=1S/C24H25N3O3S/c1-29-20-10-8-17(14-21(20)30-2)9-11-23(28)26-24-25-19-12-13-27(16-22(19)31-24)15-18-6-4-3-5-7-18/h3-11,14H,12-13,15-16H2,1-2H3,(H,25,26,28). The van der Waals surface area contributed by atoms with Gasteiger partial charge < -0.3 is 9.47 Å². The van der Waals surface area contributed by atoms with Crippen LogP contribution in [0.25, 0.3) is 6.08 Å². The zero-order chi connectivity index (χ0) is 21.6. The smallest absolute Gasteiger partial charge is 0.250 e. The van der Waals surface area contributed by atoms with Crippen molar-refractivity contribution in [3.8, 4) is 11.5 Å². The molecule has 3 aromatic rings. The van der Waals surface area contributed by atoms with Gasteiger partial charge in [-0.05, 0) is 29.3 Å². The van der Waals surface area contributed by atoms with Crippen molar-refractivity contribution in [3.05, 3.63) is 76.3 Å². The summed E-state index contributed by atoms with van der Waals surface area (Å²) in [5.41, 5.74) is 3.25. The van der Waals surface area contributed by atoms with E-state index >= 15 is 0 Å². The van der Waals surface area contributed by atoms with Gasteiger partial charge in [0.2, 0.25) is 5.91 Å². The first-order chi connectivity index (χ1) is 15.1. The fourth-order valence-electron chi connectivity index (χ4n) is 3.55. The number of rotatable bonds is 7. The molecule has 1 aliphatic heterocycles. The molecule has 0 spiro atoms. The molecular weight excluding hydrogens is 410 g/mol. The summed E-state index contributed by atoms with van der Waals surface area (Å²) in [6.45, 7) is 2.76. The monoisotopic (exact) mass is 435 g/mol. The number of hydrogen-bond acceptors (Lipinski definition) is 6. The molecule has 2 aromatic carbocycles. The summed E-state index contributed by atoms with van der Waals surface area (Å²) < 4.78 is 10.5. The van der Waals surface area contributed by atoms with E-state index in [1.807, 2.05) is 24.3 Å². The number of methoxy groups -OCH3 is 2. The minimum Gasteiger partial charge on any atom is -0.493 e. The molecule has 1 N–H and O–H groups in total. The third-order valence-electron chi connectivity index (χ3n) is 5.12. The van der Waals surface area contributed by atoms with Gasteiger partial charge in [0.15, 0.2) is 16.6 Å². The lowest BCUT2D eigenvalue weighted by Crippen LogP contribution is -2.29. The first-order valence-corrected chi connectivity index (χ1v) is 10.9. The summed E-state index contributed by atoms with van der Waals surface area (Å²) in [5, 5.41) is 3.54. The average Bonchev–Trinajstić information content (AvgIpc) is 3.19. The van der Waals surface area contributed by atoms with Crippen LogP contribution in [0.3, 0.4) is 0 Å². The highest BCUT2D eigenvalue weighted by Gasteiger charge is 2.21. The van der Waals surface area contributed by atoms with Gasteiger partial charge in [-0.3, -0.25) is 15.0 Å². The molecule has 0 bridgehead atoms. The maximum atomic E-state index is 12.4. The molecule has 1 amide bonds. The van der Waals surface area contributed by atoms with Crippen LogP contribution in [0.2, 0.25) is 0 Å². The predicted octanol–water partition coefficient (Wildman–Crippen LogP) is 4.37. The summed E-state index contributed by atoms with van der Waals surface area (Å²) in [7, 11) is 3.18. The molecule has 4 rings (SSSR count). The summed E-state index contributed by atoms with van der Waals surface area (Å²) >= 11 is 1.56.